The Hall–Kier alpha value is -1.55. The van der Waals surface area contributed by atoms with Gasteiger partial charge in [-0.3, -0.25) is 9.59 Å². The minimum Gasteiger partial charge on any atom is -0.496 e. The Labute approximate surface area is 110 Å². The number of halogens is 1. The predicted molar refractivity (Wildman–Crippen MR) is 68.1 cm³/mol. The molecule has 0 atom stereocenters. The molecule has 5 heteroatoms. The first-order chi connectivity index (χ1) is 8.61. The summed E-state index contributed by atoms with van der Waals surface area (Å²) in [5, 5.41) is 0.475. The molecule has 1 fully saturated rings. The number of piperidine rings is 1. The van der Waals surface area contributed by atoms with Gasteiger partial charge in [0, 0.05) is 18.0 Å². The van der Waals surface area contributed by atoms with E-state index >= 15 is 0 Å². The second kappa shape index (κ2) is 5.40. The summed E-state index contributed by atoms with van der Waals surface area (Å²) < 4.78 is 5.15. The summed E-state index contributed by atoms with van der Waals surface area (Å²) in [5.41, 5.74) is 0.403. The molecule has 0 saturated carbocycles. The Morgan fingerprint density at radius 2 is 2.22 bits per heavy atom. The summed E-state index contributed by atoms with van der Waals surface area (Å²) in [6.07, 6.45) is 1.27. The van der Waals surface area contributed by atoms with Gasteiger partial charge in [-0.15, -0.1) is 0 Å². The summed E-state index contributed by atoms with van der Waals surface area (Å²) in [5.74, 6) is 0.361. The first kappa shape index (κ1) is 12.9. The molecule has 1 saturated heterocycles. The number of amides is 1. The van der Waals surface area contributed by atoms with Crippen LogP contribution in [0.25, 0.3) is 0 Å². The van der Waals surface area contributed by atoms with Gasteiger partial charge >= 0.3 is 0 Å². The number of benzene rings is 1. The van der Waals surface area contributed by atoms with Crippen LogP contribution in [0.15, 0.2) is 18.2 Å². The minimum atomic E-state index is -0.206. The van der Waals surface area contributed by atoms with Crippen molar-refractivity contribution < 1.29 is 14.3 Å². The van der Waals surface area contributed by atoms with Crippen molar-refractivity contribution in [1.82, 2.24) is 4.90 Å². The van der Waals surface area contributed by atoms with E-state index in [0.717, 1.165) is 0 Å². The normalized spacial score (nSPS) is 15.7. The van der Waals surface area contributed by atoms with Crippen LogP contribution in [0.5, 0.6) is 5.75 Å². The molecule has 18 heavy (non-hydrogen) atoms. The molecule has 0 bridgehead atoms. The fraction of sp³-hybridized carbons (Fsp3) is 0.385. The van der Waals surface area contributed by atoms with Gasteiger partial charge in [0.2, 0.25) is 0 Å². The van der Waals surface area contributed by atoms with E-state index in [-0.39, 0.29) is 18.2 Å². The van der Waals surface area contributed by atoms with Crippen molar-refractivity contribution in [2.24, 2.45) is 0 Å². The highest BCUT2D eigenvalue weighted by Gasteiger charge is 2.24. The molecule has 1 aliphatic rings. The number of nitrogens with zero attached hydrogens (tertiary/aromatic N) is 1. The van der Waals surface area contributed by atoms with Gasteiger partial charge in [-0.1, -0.05) is 11.6 Å². The number of hydrogen-bond acceptors (Lipinski definition) is 3. The highest BCUT2D eigenvalue weighted by Crippen LogP contribution is 2.24. The first-order valence-corrected chi connectivity index (χ1v) is 6.14. The maximum Gasteiger partial charge on any atom is 0.258 e. The number of methoxy groups -OCH3 is 1. The number of carbonyl (C=O) groups excluding carboxylic acids is 2. The zero-order valence-corrected chi connectivity index (χ0v) is 10.9. The molecule has 0 spiro atoms. The van der Waals surface area contributed by atoms with Gasteiger partial charge in [0.15, 0.2) is 5.78 Å². The quantitative estimate of drug-likeness (QED) is 0.825. The van der Waals surface area contributed by atoms with Crippen LogP contribution in [0.2, 0.25) is 5.02 Å². The Morgan fingerprint density at radius 3 is 2.89 bits per heavy atom. The average molecular weight is 268 g/mol. The fourth-order valence-electron chi connectivity index (χ4n) is 2.03. The molecule has 4 nitrogen and oxygen atoms in total. The largest absolute Gasteiger partial charge is 0.496 e. The van der Waals surface area contributed by atoms with Gasteiger partial charge < -0.3 is 9.64 Å². The first-order valence-electron chi connectivity index (χ1n) is 5.76. The predicted octanol–water partition coefficient (Wildman–Crippen LogP) is 2.15. The van der Waals surface area contributed by atoms with Crippen molar-refractivity contribution in [2.45, 2.75) is 12.8 Å². The molecule has 1 aromatic rings. The second-order valence-corrected chi connectivity index (χ2v) is 4.65. The maximum atomic E-state index is 12.3. The third kappa shape index (κ3) is 2.64. The molecule has 0 aliphatic carbocycles. The number of carbonyl (C=O) groups is 2. The van der Waals surface area contributed by atoms with Crippen LogP contribution >= 0.6 is 11.6 Å². The van der Waals surface area contributed by atoms with Crippen molar-refractivity contribution >= 4 is 23.3 Å². The maximum absolute atomic E-state index is 12.3. The van der Waals surface area contributed by atoms with Crippen LogP contribution in [-0.4, -0.2) is 36.8 Å². The van der Waals surface area contributed by atoms with E-state index in [1.54, 1.807) is 23.1 Å². The van der Waals surface area contributed by atoms with Crippen molar-refractivity contribution in [1.29, 1.82) is 0 Å². The van der Waals surface area contributed by atoms with Gasteiger partial charge in [-0.2, -0.15) is 0 Å². The SMILES string of the molecule is COc1ccc(Cl)cc1C(=O)N1CCCC(=O)C1. The third-order valence-corrected chi connectivity index (χ3v) is 3.17. The molecule has 0 aromatic heterocycles. The highest BCUT2D eigenvalue weighted by molar-refractivity contribution is 6.31. The number of Topliss-reactive ketones (excluding diaryl/α,β-unsaturated/α-hetero) is 1. The van der Waals surface area contributed by atoms with Crippen LogP contribution in [0.4, 0.5) is 0 Å². The third-order valence-electron chi connectivity index (χ3n) is 2.93. The van der Waals surface area contributed by atoms with Crippen molar-refractivity contribution in [3.8, 4) is 5.75 Å². The van der Waals surface area contributed by atoms with Crippen LogP contribution in [0, 0.1) is 0 Å². The molecule has 1 heterocycles. The van der Waals surface area contributed by atoms with Crippen LogP contribution < -0.4 is 4.74 Å². The lowest BCUT2D eigenvalue weighted by molar-refractivity contribution is -0.121. The van der Waals surface area contributed by atoms with E-state index < -0.39 is 0 Å². The van der Waals surface area contributed by atoms with Crippen LogP contribution in [-0.2, 0) is 4.79 Å². The van der Waals surface area contributed by atoms with Crippen molar-refractivity contribution in [2.75, 3.05) is 20.2 Å². The fourth-order valence-corrected chi connectivity index (χ4v) is 2.20. The van der Waals surface area contributed by atoms with E-state index in [1.165, 1.54) is 7.11 Å². The van der Waals surface area contributed by atoms with Crippen molar-refractivity contribution in [3.63, 3.8) is 0 Å². The number of ether oxygens (including phenoxy) is 1. The Bertz CT molecular complexity index is 487. The van der Waals surface area contributed by atoms with Crippen LogP contribution in [0.3, 0.4) is 0 Å². The average Bonchev–Trinajstić information content (AvgIpc) is 2.38. The molecule has 0 unspecified atom stereocenters. The zero-order chi connectivity index (χ0) is 13.1. The van der Waals surface area contributed by atoms with Gasteiger partial charge in [-0.25, -0.2) is 0 Å². The van der Waals surface area contributed by atoms with Gasteiger partial charge in [0.1, 0.15) is 5.75 Å². The summed E-state index contributed by atoms with van der Waals surface area (Å²) >= 11 is 5.89. The molecule has 1 amide bonds. The monoisotopic (exact) mass is 267 g/mol. The smallest absolute Gasteiger partial charge is 0.258 e. The summed E-state index contributed by atoms with van der Waals surface area (Å²) in [6, 6.07) is 4.89. The molecule has 96 valence electrons. The lowest BCUT2D eigenvalue weighted by Crippen LogP contribution is -2.40. The zero-order valence-electron chi connectivity index (χ0n) is 10.1. The van der Waals surface area contributed by atoms with Gasteiger partial charge in [0.25, 0.3) is 5.91 Å². The van der Waals surface area contributed by atoms with E-state index in [9.17, 15) is 9.59 Å². The standard InChI is InChI=1S/C13H14ClNO3/c1-18-12-5-4-9(14)7-11(12)13(17)15-6-2-3-10(16)8-15/h4-5,7H,2-3,6,8H2,1H3. The molecule has 1 aliphatic heterocycles. The summed E-state index contributed by atoms with van der Waals surface area (Å²) in [6.45, 7) is 0.773. The van der Waals surface area contributed by atoms with Gasteiger partial charge in [-0.05, 0) is 24.6 Å². The van der Waals surface area contributed by atoms with E-state index in [4.69, 9.17) is 16.3 Å². The van der Waals surface area contributed by atoms with Crippen LogP contribution in [0.1, 0.15) is 23.2 Å². The minimum absolute atomic E-state index is 0.0931. The molecule has 2 rings (SSSR count). The molecular weight excluding hydrogens is 254 g/mol. The number of likely N-dealkylation sites (tertiary alicyclic amines) is 1. The summed E-state index contributed by atoms with van der Waals surface area (Å²) in [4.78, 5) is 25.2. The Balaban J connectivity index is 2.27. The second-order valence-electron chi connectivity index (χ2n) is 4.21. The Morgan fingerprint density at radius 1 is 1.44 bits per heavy atom. The molecule has 0 radical (unpaired) electrons. The van der Waals surface area contributed by atoms with E-state index in [1.807, 2.05) is 0 Å². The van der Waals surface area contributed by atoms with Gasteiger partial charge in [0.05, 0.1) is 19.2 Å². The van der Waals surface area contributed by atoms with Crippen molar-refractivity contribution in [3.05, 3.63) is 28.8 Å². The number of rotatable bonds is 2. The number of ketones is 1. The lowest BCUT2D eigenvalue weighted by Gasteiger charge is -2.26. The lowest BCUT2D eigenvalue weighted by atomic mass is 10.1. The molecular formula is C13H14ClNO3. The summed E-state index contributed by atoms with van der Waals surface area (Å²) in [7, 11) is 1.50. The highest BCUT2D eigenvalue weighted by atomic mass is 35.5. The Kier molecular flexibility index (Phi) is 3.87. The molecule has 1 aromatic carbocycles. The number of hydrogen-bond donors (Lipinski definition) is 0. The van der Waals surface area contributed by atoms with E-state index in [0.29, 0.717) is 35.7 Å². The topological polar surface area (TPSA) is 46.6 Å². The van der Waals surface area contributed by atoms with E-state index in [2.05, 4.69) is 0 Å². The molecule has 0 N–H and O–H groups in total.